The van der Waals surface area contributed by atoms with Gasteiger partial charge in [0, 0.05) is 24.0 Å². The summed E-state index contributed by atoms with van der Waals surface area (Å²) in [6.07, 6.45) is 0.646. The molecule has 0 aliphatic heterocycles. The molecule has 0 bridgehead atoms. The highest BCUT2D eigenvalue weighted by molar-refractivity contribution is 5.99. The topological polar surface area (TPSA) is 34.1 Å². The first-order valence-electron chi connectivity index (χ1n) is 9.68. The van der Waals surface area contributed by atoms with Gasteiger partial charge in [-0.25, -0.2) is 0 Å². The maximum atomic E-state index is 12.9. The summed E-state index contributed by atoms with van der Waals surface area (Å²) in [6.45, 7) is 6.04. The monoisotopic (exact) mass is 370 g/mol. The Morgan fingerprint density at radius 2 is 0.893 bits per heavy atom. The van der Waals surface area contributed by atoms with Crippen LogP contribution >= 0.6 is 0 Å². The molecule has 0 radical (unpaired) electrons. The zero-order chi connectivity index (χ0) is 20.1. The Kier molecular flexibility index (Phi) is 6.20. The molecule has 0 aliphatic rings. The van der Waals surface area contributed by atoms with Gasteiger partial charge >= 0.3 is 0 Å². The Balaban J connectivity index is 1.83. The summed E-state index contributed by atoms with van der Waals surface area (Å²) < 4.78 is 0. The van der Waals surface area contributed by atoms with Crippen LogP contribution in [0.4, 0.5) is 0 Å². The molecule has 0 heterocycles. The Bertz CT molecular complexity index is 889. The second-order valence-electron chi connectivity index (χ2n) is 7.59. The van der Waals surface area contributed by atoms with Gasteiger partial charge in [-0.1, -0.05) is 89.5 Å². The molecular weight excluding hydrogens is 344 g/mol. The van der Waals surface area contributed by atoms with Gasteiger partial charge in [-0.3, -0.25) is 9.59 Å². The molecule has 2 nitrogen and oxygen atoms in total. The predicted octanol–water partition coefficient (Wildman–Crippen LogP) is 6.24. The molecule has 3 aromatic carbocycles. The molecular formula is C26H26O2. The minimum absolute atomic E-state index is 0.0716. The van der Waals surface area contributed by atoms with E-state index in [2.05, 4.69) is 0 Å². The number of Topliss-reactive ketones (excluding diaryl/α,β-unsaturated/α-hetero) is 2. The molecule has 3 aromatic rings. The van der Waals surface area contributed by atoms with Crippen molar-refractivity contribution >= 4 is 11.6 Å². The number of aryl methyl sites for hydroxylation is 3. The third-order valence-corrected chi connectivity index (χ3v) is 5.16. The Morgan fingerprint density at radius 3 is 1.25 bits per heavy atom. The quantitative estimate of drug-likeness (QED) is 0.461. The van der Waals surface area contributed by atoms with Gasteiger partial charge in [0.2, 0.25) is 0 Å². The van der Waals surface area contributed by atoms with Crippen molar-refractivity contribution in [2.45, 2.75) is 39.5 Å². The van der Waals surface area contributed by atoms with Crippen LogP contribution in [0.5, 0.6) is 0 Å². The van der Waals surface area contributed by atoms with E-state index in [0.717, 1.165) is 22.3 Å². The summed E-state index contributed by atoms with van der Waals surface area (Å²) in [4.78, 5) is 25.7. The van der Waals surface area contributed by atoms with E-state index < -0.39 is 0 Å². The van der Waals surface area contributed by atoms with Gasteiger partial charge in [0.1, 0.15) is 0 Å². The minimum atomic E-state index is -0.136. The van der Waals surface area contributed by atoms with Crippen molar-refractivity contribution in [3.05, 3.63) is 106 Å². The fourth-order valence-corrected chi connectivity index (χ4v) is 3.31. The molecule has 0 saturated carbocycles. The van der Waals surface area contributed by atoms with Crippen LogP contribution in [0.1, 0.15) is 61.7 Å². The van der Waals surface area contributed by atoms with Crippen LogP contribution in [0, 0.1) is 20.8 Å². The first-order valence-corrected chi connectivity index (χ1v) is 9.68. The van der Waals surface area contributed by atoms with Crippen LogP contribution in [-0.4, -0.2) is 11.6 Å². The highest BCUT2D eigenvalue weighted by Crippen LogP contribution is 2.28. The van der Waals surface area contributed by atoms with E-state index in [1.165, 1.54) is 0 Å². The molecule has 0 fully saturated rings. The van der Waals surface area contributed by atoms with E-state index in [9.17, 15) is 9.59 Å². The average Bonchev–Trinajstić information content (AvgIpc) is 2.69. The molecule has 0 unspecified atom stereocenters. The third-order valence-electron chi connectivity index (χ3n) is 5.16. The SMILES string of the molecule is Cc1ccc(C(=O)CC(CC(=O)c2ccc(C)cc2)c2ccc(C)cc2)cc1. The lowest BCUT2D eigenvalue weighted by Crippen LogP contribution is -2.13. The standard InChI is InChI=1S/C26H26O2/c1-18-4-10-21(11-5-18)24(16-25(27)22-12-6-19(2)7-13-22)17-26(28)23-14-8-20(3)9-15-23/h4-15,24H,16-17H2,1-3H3. The lowest BCUT2D eigenvalue weighted by Gasteiger charge is -2.17. The van der Waals surface area contributed by atoms with Crippen LogP contribution in [-0.2, 0) is 0 Å². The Hall–Kier alpha value is -3.00. The largest absolute Gasteiger partial charge is 0.294 e. The molecule has 0 spiro atoms. The number of hydrogen-bond donors (Lipinski definition) is 0. The third kappa shape index (κ3) is 5.04. The summed E-state index contributed by atoms with van der Waals surface area (Å²) in [5.74, 6) is 0.00719. The summed E-state index contributed by atoms with van der Waals surface area (Å²) in [6, 6.07) is 23.4. The Labute approximate surface area is 167 Å². The summed E-state index contributed by atoms with van der Waals surface area (Å²) in [5.41, 5.74) is 5.85. The maximum absolute atomic E-state index is 12.9. The smallest absolute Gasteiger partial charge is 0.163 e. The van der Waals surface area contributed by atoms with Gasteiger partial charge in [-0.05, 0) is 32.3 Å². The molecule has 0 atom stereocenters. The van der Waals surface area contributed by atoms with Crippen LogP contribution in [0.2, 0.25) is 0 Å². The average molecular weight is 370 g/mol. The van der Waals surface area contributed by atoms with Crippen molar-refractivity contribution in [2.75, 3.05) is 0 Å². The van der Waals surface area contributed by atoms with Crippen molar-refractivity contribution < 1.29 is 9.59 Å². The molecule has 2 heteroatoms. The number of rotatable bonds is 7. The molecule has 0 amide bonds. The maximum Gasteiger partial charge on any atom is 0.163 e. The van der Waals surface area contributed by atoms with Gasteiger partial charge in [-0.15, -0.1) is 0 Å². The second kappa shape index (κ2) is 8.79. The summed E-state index contributed by atoms with van der Waals surface area (Å²) >= 11 is 0. The van der Waals surface area contributed by atoms with E-state index >= 15 is 0 Å². The number of hydrogen-bond acceptors (Lipinski definition) is 2. The minimum Gasteiger partial charge on any atom is -0.294 e. The lowest BCUT2D eigenvalue weighted by molar-refractivity contribution is 0.0944. The van der Waals surface area contributed by atoms with Crippen LogP contribution < -0.4 is 0 Å². The number of carbonyl (C=O) groups is 2. The predicted molar refractivity (Wildman–Crippen MR) is 114 cm³/mol. The second-order valence-corrected chi connectivity index (χ2v) is 7.59. The van der Waals surface area contributed by atoms with Gasteiger partial charge in [-0.2, -0.15) is 0 Å². The van der Waals surface area contributed by atoms with Crippen molar-refractivity contribution in [1.82, 2.24) is 0 Å². The molecule has 0 N–H and O–H groups in total. The number of benzene rings is 3. The summed E-state index contributed by atoms with van der Waals surface area (Å²) in [5, 5.41) is 0. The highest BCUT2D eigenvalue weighted by atomic mass is 16.1. The number of carbonyl (C=O) groups excluding carboxylic acids is 2. The first-order chi connectivity index (χ1) is 13.4. The normalized spacial score (nSPS) is 10.9. The van der Waals surface area contributed by atoms with E-state index in [0.29, 0.717) is 24.0 Å². The summed E-state index contributed by atoms with van der Waals surface area (Å²) in [7, 11) is 0. The van der Waals surface area contributed by atoms with E-state index in [1.54, 1.807) is 0 Å². The molecule has 0 aliphatic carbocycles. The van der Waals surface area contributed by atoms with Crippen molar-refractivity contribution in [3.8, 4) is 0 Å². The van der Waals surface area contributed by atoms with Crippen LogP contribution in [0.25, 0.3) is 0 Å². The zero-order valence-electron chi connectivity index (χ0n) is 16.7. The van der Waals surface area contributed by atoms with Gasteiger partial charge in [0.15, 0.2) is 11.6 Å². The lowest BCUT2D eigenvalue weighted by atomic mass is 9.86. The van der Waals surface area contributed by atoms with Crippen molar-refractivity contribution in [3.63, 3.8) is 0 Å². The highest BCUT2D eigenvalue weighted by Gasteiger charge is 2.21. The first kappa shape index (κ1) is 19.8. The van der Waals surface area contributed by atoms with E-state index in [1.807, 2.05) is 93.6 Å². The van der Waals surface area contributed by atoms with Crippen molar-refractivity contribution in [1.29, 1.82) is 0 Å². The molecule has 0 saturated heterocycles. The molecule has 0 aromatic heterocycles. The van der Waals surface area contributed by atoms with Gasteiger partial charge in [0.25, 0.3) is 0 Å². The van der Waals surface area contributed by atoms with Gasteiger partial charge in [0.05, 0.1) is 0 Å². The fourth-order valence-electron chi connectivity index (χ4n) is 3.31. The van der Waals surface area contributed by atoms with Crippen molar-refractivity contribution in [2.24, 2.45) is 0 Å². The van der Waals surface area contributed by atoms with E-state index in [4.69, 9.17) is 0 Å². The van der Waals surface area contributed by atoms with Crippen LogP contribution in [0.15, 0.2) is 72.8 Å². The van der Waals surface area contributed by atoms with Gasteiger partial charge < -0.3 is 0 Å². The Morgan fingerprint density at radius 1 is 0.571 bits per heavy atom. The fraction of sp³-hybridized carbons (Fsp3) is 0.231. The van der Waals surface area contributed by atoms with Crippen LogP contribution in [0.3, 0.4) is 0 Å². The molecule has 142 valence electrons. The molecule has 3 rings (SSSR count). The zero-order valence-corrected chi connectivity index (χ0v) is 16.7. The molecule has 28 heavy (non-hydrogen) atoms. The van der Waals surface area contributed by atoms with E-state index in [-0.39, 0.29) is 17.5 Å². The number of ketones is 2.